The third-order valence-electron chi connectivity index (χ3n) is 3.65. The minimum absolute atomic E-state index is 0.480. The molecule has 16 heavy (non-hydrogen) atoms. The molecule has 84 valence electrons. The Morgan fingerprint density at radius 3 is 2.94 bits per heavy atom. The van der Waals surface area contributed by atoms with Crippen molar-refractivity contribution < 1.29 is 0 Å². The second-order valence-electron chi connectivity index (χ2n) is 4.73. The molecule has 1 aromatic rings. The van der Waals surface area contributed by atoms with E-state index >= 15 is 0 Å². The number of allylic oxidation sites excluding steroid dienone is 1. The highest BCUT2D eigenvalue weighted by atomic mass is 15.1. The van der Waals surface area contributed by atoms with Gasteiger partial charge in [0.25, 0.3) is 0 Å². The van der Waals surface area contributed by atoms with Gasteiger partial charge in [-0.2, -0.15) is 0 Å². The predicted octanol–water partition coefficient (Wildman–Crippen LogP) is 1.88. The van der Waals surface area contributed by atoms with Gasteiger partial charge in [0.15, 0.2) is 0 Å². The van der Waals surface area contributed by atoms with Crippen LogP contribution in [0.4, 0.5) is 0 Å². The van der Waals surface area contributed by atoms with Crippen molar-refractivity contribution in [1.29, 1.82) is 0 Å². The molecule has 1 fully saturated rings. The van der Waals surface area contributed by atoms with Crippen molar-refractivity contribution >= 4 is 5.57 Å². The molecule has 0 saturated carbocycles. The van der Waals surface area contributed by atoms with Crippen LogP contribution in [-0.2, 0) is 6.42 Å². The van der Waals surface area contributed by atoms with Crippen LogP contribution in [0.15, 0.2) is 24.8 Å². The van der Waals surface area contributed by atoms with Gasteiger partial charge in [-0.25, -0.2) is 0 Å². The number of nitrogens with one attached hydrogen (secondary N) is 2. The Balaban J connectivity index is 1.89. The van der Waals surface area contributed by atoms with Crippen molar-refractivity contribution in [3.63, 3.8) is 0 Å². The van der Waals surface area contributed by atoms with Gasteiger partial charge in [-0.15, -0.1) is 0 Å². The van der Waals surface area contributed by atoms with Gasteiger partial charge in [0.1, 0.15) is 0 Å². The van der Waals surface area contributed by atoms with Gasteiger partial charge >= 0.3 is 0 Å². The summed E-state index contributed by atoms with van der Waals surface area (Å²) in [5, 5.41) is 6.98. The lowest BCUT2D eigenvalue weighted by atomic mass is 9.99. The summed E-state index contributed by atoms with van der Waals surface area (Å²) in [6, 6.07) is 7.34. The topological polar surface area (TPSA) is 24.1 Å². The van der Waals surface area contributed by atoms with Gasteiger partial charge in [0.05, 0.1) is 0 Å². The highest BCUT2D eigenvalue weighted by Crippen LogP contribution is 2.32. The molecule has 0 radical (unpaired) electrons. The molecular weight excluding hydrogens is 196 g/mol. The third kappa shape index (κ3) is 1.68. The maximum atomic E-state index is 4.11. The van der Waals surface area contributed by atoms with Crippen LogP contribution in [0.5, 0.6) is 0 Å². The van der Waals surface area contributed by atoms with Crippen LogP contribution in [0.2, 0.25) is 0 Å². The van der Waals surface area contributed by atoms with Gasteiger partial charge in [0.2, 0.25) is 0 Å². The fourth-order valence-corrected chi connectivity index (χ4v) is 2.69. The Morgan fingerprint density at radius 2 is 2.12 bits per heavy atom. The molecule has 0 spiro atoms. The largest absolute Gasteiger partial charge is 0.314 e. The molecule has 1 atom stereocenters. The summed E-state index contributed by atoms with van der Waals surface area (Å²) in [5.41, 5.74) is 5.58. The predicted molar refractivity (Wildman–Crippen MR) is 67.4 cm³/mol. The van der Waals surface area contributed by atoms with E-state index in [4.69, 9.17) is 0 Å². The first-order valence-corrected chi connectivity index (χ1v) is 6.09. The number of rotatable bonds is 1. The molecule has 0 aromatic heterocycles. The molecule has 1 heterocycles. The van der Waals surface area contributed by atoms with Crippen LogP contribution < -0.4 is 10.6 Å². The number of aryl methyl sites for hydroxylation is 1. The van der Waals surface area contributed by atoms with E-state index in [9.17, 15) is 0 Å². The Hall–Kier alpha value is -1.12. The molecule has 1 aliphatic heterocycles. The smallest absolute Gasteiger partial charge is 0.0447 e. The lowest BCUT2D eigenvalue weighted by Crippen LogP contribution is -2.42. The van der Waals surface area contributed by atoms with Crippen molar-refractivity contribution in [3.05, 3.63) is 41.5 Å². The zero-order valence-electron chi connectivity index (χ0n) is 9.55. The molecule has 1 saturated heterocycles. The first kappa shape index (κ1) is 10.1. The lowest BCUT2D eigenvalue weighted by molar-refractivity contribution is 0.430. The molecule has 2 aliphatic rings. The number of benzene rings is 1. The summed E-state index contributed by atoms with van der Waals surface area (Å²) in [6.07, 6.45) is 2.30. The Morgan fingerprint density at radius 1 is 1.19 bits per heavy atom. The molecule has 0 bridgehead atoms. The average molecular weight is 214 g/mol. The first-order valence-electron chi connectivity index (χ1n) is 6.09. The normalized spacial score (nSPS) is 24.5. The third-order valence-corrected chi connectivity index (χ3v) is 3.65. The molecule has 1 aromatic carbocycles. The molecule has 1 aliphatic carbocycles. The van der Waals surface area contributed by atoms with E-state index in [1.165, 1.54) is 28.7 Å². The van der Waals surface area contributed by atoms with E-state index in [0.717, 1.165) is 26.1 Å². The second kappa shape index (κ2) is 4.04. The Labute approximate surface area is 96.7 Å². The zero-order valence-corrected chi connectivity index (χ0v) is 9.55. The fourth-order valence-electron chi connectivity index (χ4n) is 2.69. The summed E-state index contributed by atoms with van der Waals surface area (Å²) in [4.78, 5) is 0. The van der Waals surface area contributed by atoms with Gasteiger partial charge in [-0.05, 0) is 35.1 Å². The molecule has 1 unspecified atom stereocenters. The van der Waals surface area contributed by atoms with Crippen LogP contribution in [-0.4, -0.2) is 19.6 Å². The van der Waals surface area contributed by atoms with Gasteiger partial charge in [-0.1, -0.05) is 24.8 Å². The molecule has 2 N–H and O–H groups in total. The van der Waals surface area contributed by atoms with Gasteiger partial charge in [-0.3, -0.25) is 0 Å². The Bertz CT molecular complexity index is 417. The maximum absolute atomic E-state index is 4.11. The molecule has 3 rings (SSSR count). The van der Waals surface area contributed by atoms with E-state index < -0.39 is 0 Å². The van der Waals surface area contributed by atoms with Crippen molar-refractivity contribution in [2.45, 2.75) is 18.9 Å². The minimum Gasteiger partial charge on any atom is -0.314 e. The molecule has 2 heteroatoms. The quantitative estimate of drug-likeness (QED) is 0.746. The van der Waals surface area contributed by atoms with E-state index in [1.54, 1.807) is 0 Å². The van der Waals surface area contributed by atoms with Gasteiger partial charge < -0.3 is 10.6 Å². The summed E-state index contributed by atoms with van der Waals surface area (Å²) < 4.78 is 0. The monoisotopic (exact) mass is 214 g/mol. The maximum Gasteiger partial charge on any atom is 0.0447 e. The second-order valence-corrected chi connectivity index (χ2v) is 4.73. The van der Waals surface area contributed by atoms with Gasteiger partial charge in [0, 0.05) is 25.7 Å². The van der Waals surface area contributed by atoms with E-state index in [2.05, 4.69) is 35.4 Å². The Kier molecular flexibility index (Phi) is 2.54. The van der Waals surface area contributed by atoms with Crippen LogP contribution in [0, 0.1) is 0 Å². The number of piperazine rings is 1. The lowest BCUT2D eigenvalue weighted by Gasteiger charge is -2.25. The molecular formula is C14H18N2. The SMILES string of the molecule is C=C1CCc2cc(C3CNCCN3)ccc21. The summed E-state index contributed by atoms with van der Waals surface area (Å²) in [7, 11) is 0. The van der Waals surface area contributed by atoms with Crippen LogP contribution in [0.3, 0.4) is 0 Å². The van der Waals surface area contributed by atoms with E-state index in [-0.39, 0.29) is 0 Å². The van der Waals surface area contributed by atoms with E-state index in [1.807, 2.05) is 0 Å². The minimum atomic E-state index is 0.480. The number of fused-ring (bicyclic) bond motifs is 1. The van der Waals surface area contributed by atoms with Crippen LogP contribution in [0.25, 0.3) is 5.57 Å². The molecule has 2 nitrogen and oxygen atoms in total. The summed E-state index contributed by atoms with van der Waals surface area (Å²) >= 11 is 0. The average Bonchev–Trinajstić information content (AvgIpc) is 2.72. The van der Waals surface area contributed by atoms with Crippen LogP contribution in [0.1, 0.15) is 29.2 Å². The summed E-state index contributed by atoms with van der Waals surface area (Å²) in [5.74, 6) is 0. The highest BCUT2D eigenvalue weighted by Gasteiger charge is 2.18. The van der Waals surface area contributed by atoms with Crippen LogP contribution >= 0.6 is 0 Å². The zero-order chi connectivity index (χ0) is 11.0. The molecule has 0 amide bonds. The number of hydrogen-bond acceptors (Lipinski definition) is 2. The van der Waals surface area contributed by atoms with Crippen molar-refractivity contribution in [1.82, 2.24) is 10.6 Å². The standard InChI is InChI=1S/C14H18N2/c1-10-2-3-11-8-12(4-5-13(10)11)14-9-15-6-7-16-14/h4-5,8,14-16H,1-3,6-7,9H2. The number of hydrogen-bond donors (Lipinski definition) is 2. The first-order chi connectivity index (χ1) is 7.84. The van der Waals surface area contributed by atoms with Crippen molar-refractivity contribution in [2.24, 2.45) is 0 Å². The van der Waals surface area contributed by atoms with Crippen molar-refractivity contribution in [2.75, 3.05) is 19.6 Å². The van der Waals surface area contributed by atoms with E-state index in [0.29, 0.717) is 6.04 Å². The fraction of sp³-hybridized carbons (Fsp3) is 0.429. The highest BCUT2D eigenvalue weighted by molar-refractivity contribution is 5.71. The van der Waals surface area contributed by atoms with Crippen molar-refractivity contribution in [3.8, 4) is 0 Å². The summed E-state index contributed by atoms with van der Waals surface area (Å²) in [6.45, 7) is 7.30.